The van der Waals surface area contributed by atoms with Crippen molar-refractivity contribution in [3.63, 3.8) is 0 Å². The highest BCUT2D eigenvalue weighted by atomic mass is 79.9. The number of hydrogen-bond donors (Lipinski definition) is 0. The van der Waals surface area contributed by atoms with Gasteiger partial charge in [0, 0.05) is 23.5 Å². The lowest BCUT2D eigenvalue weighted by molar-refractivity contribution is 0.0292. The molecule has 3 nitrogen and oxygen atoms in total. The minimum atomic E-state index is -0.429. The molecule has 0 bridgehead atoms. The Morgan fingerprint density at radius 1 is 1.23 bits per heavy atom. The molecule has 22 heavy (non-hydrogen) atoms. The summed E-state index contributed by atoms with van der Waals surface area (Å²) in [4.78, 5) is 14.0. The highest BCUT2D eigenvalue weighted by Crippen LogP contribution is 2.42. The number of likely N-dealkylation sites (tertiary alicyclic amines) is 1. The molecule has 1 saturated carbocycles. The average Bonchev–Trinajstić information content (AvgIpc) is 3.14. The van der Waals surface area contributed by atoms with Gasteiger partial charge in [-0.2, -0.15) is 0 Å². The summed E-state index contributed by atoms with van der Waals surface area (Å²) < 4.78 is 6.66. The zero-order valence-corrected chi connectivity index (χ0v) is 15.1. The molecule has 1 atom stereocenters. The normalized spacial score (nSPS) is 22.0. The predicted octanol–water partition coefficient (Wildman–Crippen LogP) is 5.05. The van der Waals surface area contributed by atoms with Gasteiger partial charge in [-0.25, -0.2) is 4.79 Å². The van der Waals surface area contributed by atoms with E-state index in [2.05, 4.69) is 34.1 Å². The monoisotopic (exact) mass is 365 g/mol. The molecule has 1 aliphatic carbocycles. The Labute approximate surface area is 141 Å². The second kappa shape index (κ2) is 5.88. The molecule has 0 aromatic heterocycles. The molecule has 0 spiro atoms. The lowest BCUT2D eigenvalue weighted by atomic mass is 9.96. The van der Waals surface area contributed by atoms with Crippen molar-refractivity contribution >= 4 is 22.0 Å². The summed E-state index contributed by atoms with van der Waals surface area (Å²) in [6.45, 7) is 7.25. The fourth-order valence-electron chi connectivity index (χ4n) is 3.05. The van der Waals surface area contributed by atoms with Gasteiger partial charge < -0.3 is 9.64 Å². The summed E-state index contributed by atoms with van der Waals surface area (Å²) in [5, 5.41) is 0. The fraction of sp³-hybridized carbons (Fsp3) is 0.611. The standard InChI is InChI=1S/C18H24BrNO2/c1-18(2,3)22-17(21)20-9-8-14(11-20)15-7-6-13(10-16(15)19)12-4-5-12/h6-7,10,12,14H,4-5,8-9,11H2,1-3H3. The highest BCUT2D eigenvalue weighted by molar-refractivity contribution is 9.10. The van der Waals surface area contributed by atoms with E-state index in [1.54, 1.807) is 0 Å². The van der Waals surface area contributed by atoms with Crippen LogP contribution in [0.15, 0.2) is 22.7 Å². The Kier molecular flexibility index (Phi) is 4.23. The van der Waals surface area contributed by atoms with Crippen molar-refractivity contribution in [3.8, 4) is 0 Å². The summed E-state index contributed by atoms with van der Waals surface area (Å²) in [7, 11) is 0. The highest BCUT2D eigenvalue weighted by Gasteiger charge is 2.32. The first-order valence-electron chi connectivity index (χ1n) is 8.11. The number of ether oxygens (including phenoxy) is 1. The number of nitrogens with zero attached hydrogens (tertiary/aromatic N) is 1. The van der Waals surface area contributed by atoms with Gasteiger partial charge in [0.2, 0.25) is 0 Å². The van der Waals surface area contributed by atoms with Crippen LogP contribution < -0.4 is 0 Å². The number of benzene rings is 1. The van der Waals surface area contributed by atoms with Gasteiger partial charge in [-0.15, -0.1) is 0 Å². The molecular weight excluding hydrogens is 342 g/mol. The van der Waals surface area contributed by atoms with Crippen molar-refractivity contribution in [2.75, 3.05) is 13.1 Å². The van der Waals surface area contributed by atoms with Crippen LogP contribution in [0.3, 0.4) is 0 Å². The van der Waals surface area contributed by atoms with Crippen LogP contribution in [0.1, 0.15) is 63.0 Å². The van der Waals surface area contributed by atoms with E-state index < -0.39 is 5.60 Å². The van der Waals surface area contributed by atoms with Gasteiger partial charge in [-0.3, -0.25) is 0 Å². The zero-order valence-electron chi connectivity index (χ0n) is 13.6. The van der Waals surface area contributed by atoms with Crippen LogP contribution in [0, 0.1) is 0 Å². The Balaban J connectivity index is 1.66. The Morgan fingerprint density at radius 2 is 1.95 bits per heavy atom. The number of carbonyl (C=O) groups excluding carboxylic acids is 1. The zero-order chi connectivity index (χ0) is 15.9. The molecule has 1 aromatic rings. The molecule has 120 valence electrons. The van der Waals surface area contributed by atoms with Crippen molar-refractivity contribution in [2.24, 2.45) is 0 Å². The van der Waals surface area contributed by atoms with Gasteiger partial charge in [-0.05, 0) is 63.1 Å². The van der Waals surface area contributed by atoms with E-state index in [-0.39, 0.29) is 6.09 Å². The average molecular weight is 366 g/mol. The maximum atomic E-state index is 12.2. The van der Waals surface area contributed by atoms with Crippen LogP contribution in [-0.4, -0.2) is 29.7 Å². The van der Waals surface area contributed by atoms with E-state index in [9.17, 15) is 4.79 Å². The van der Waals surface area contributed by atoms with E-state index in [0.29, 0.717) is 5.92 Å². The predicted molar refractivity (Wildman–Crippen MR) is 91.3 cm³/mol. The van der Waals surface area contributed by atoms with Crippen LogP contribution in [0.5, 0.6) is 0 Å². The first-order valence-corrected chi connectivity index (χ1v) is 8.90. The Morgan fingerprint density at radius 3 is 2.55 bits per heavy atom. The van der Waals surface area contributed by atoms with Crippen molar-refractivity contribution in [3.05, 3.63) is 33.8 Å². The van der Waals surface area contributed by atoms with Crippen molar-refractivity contribution in [1.29, 1.82) is 0 Å². The maximum absolute atomic E-state index is 12.2. The minimum absolute atomic E-state index is 0.194. The van der Waals surface area contributed by atoms with Crippen LogP contribution in [0.2, 0.25) is 0 Å². The van der Waals surface area contributed by atoms with Gasteiger partial charge in [0.1, 0.15) is 5.60 Å². The molecular formula is C18H24BrNO2. The van der Waals surface area contributed by atoms with Gasteiger partial charge in [0.15, 0.2) is 0 Å². The summed E-state index contributed by atoms with van der Waals surface area (Å²) in [5.41, 5.74) is 2.33. The van der Waals surface area contributed by atoms with Gasteiger partial charge >= 0.3 is 6.09 Å². The second-order valence-electron chi connectivity index (χ2n) is 7.47. The van der Waals surface area contributed by atoms with Gasteiger partial charge in [0.05, 0.1) is 0 Å². The molecule has 0 radical (unpaired) electrons. The SMILES string of the molecule is CC(C)(C)OC(=O)N1CCC(c2ccc(C3CC3)cc2Br)C1. The van der Waals surface area contributed by atoms with Gasteiger partial charge in [-0.1, -0.05) is 28.1 Å². The summed E-state index contributed by atoms with van der Waals surface area (Å²) >= 11 is 3.72. The first kappa shape index (κ1) is 15.9. The lowest BCUT2D eigenvalue weighted by Crippen LogP contribution is -2.35. The van der Waals surface area contributed by atoms with E-state index >= 15 is 0 Å². The molecule has 1 heterocycles. The van der Waals surface area contributed by atoms with E-state index in [0.717, 1.165) is 25.4 Å². The minimum Gasteiger partial charge on any atom is -0.444 e. The Bertz CT molecular complexity index is 575. The molecule has 4 heteroatoms. The van der Waals surface area contributed by atoms with Crippen LogP contribution in [0.4, 0.5) is 4.79 Å². The smallest absolute Gasteiger partial charge is 0.410 e. The van der Waals surface area contributed by atoms with Crippen LogP contribution in [-0.2, 0) is 4.74 Å². The molecule has 0 N–H and O–H groups in total. The number of amides is 1. The maximum Gasteiger partial charge on any atom is 0.410 e. The summed E-state index contributed by atoms with van der Waals surface area (Å²) in [5.74, 6) is 1.17. The number of carbonyl (C=O) groups is 1. The quantitative estimate of drug-likeness (QED) is 0.733. The third-order valence-corrected chi connectivity index (χ3v) is 5.04. The van der Waals surface area contributed by atoms with Crippen LogP contribution >= 0.6 is 15.9 Å². The number of rotatable bonds is 2. The molecule has 1 aliphatic heterocycles. The molecule has 1 aromatic carbocycles. The van der Waals surface area contributed by atoms with E-state index in [1.807, 2.05) is 25.7 Å². The van der Waals surface area contributed by atoms with E-state index in [4.69, 9.17) is 4.74 Å². The van der Waals surface area contributed by atoms with Gasteiger partial charge in [0.25, 0.3) is 0 Å². The largest absolute Gasteiger partial charge is 0.444 e. The number of hydrogen-bond acceptors (Lipinski definition) is 2. The van der Waals surface area contributed by atoms with Crippen LogP contribution in [0.25, 0.3) is 0 Å². The van der Waals surface area contributed by atoms with Crippen molar-refractivity contribution < 1.29 is 9.53 Å². The molecule has 1 amide bonds. The molecule has 1 unspecified atom stereocenters. The summed E-state index contributed by atoms with van der Waals surface area (Å²) in [6, 6.07) is 6.76. The van der Waals surface area contributed by atoms with Crippen molar-refractivity contribution in [2.45, 2.75) is 57.5 Å². The number of halogens is 1. The second-order valence-corrected chi connectivity index (χ2v) is 8.32. The first-order chi connectivity index (χ1) is 10.3. The third-order valence-electron chi connectivity index (χ3n) is 4.35. The van der Waals surface area contributed by atoms with E-state index in [1.165, 1.54) is 28.4 Å². The lowest BCUT2D eigenvalue weighted by Gasteiger charge is -2.24. The molecule has 2 fully saturated rings. The van der Waals surface area contributed by atoms with Crippen molar-refractivity contribution in [1.82, 2.24) is 4.90 Å². The Hall–Kier alpha value is -1.03. The fourth-order valence-corrected chi connectivity index (χ4v) is 3.77. The third kappa shape index (κ3) is 3.65. The molecule has 3 rings (SSSR count). The summed E-state index contributed by atoms with van der Waals surface area (Å²) in [6.07, 6.45) is 3.45. The molecule has 1 saturated heterocycles. The molecule has 2 aliphatic rings. The topological polar surface area (TPSA) is 29.5 Å².